The van der Waals surface area contributed by atoms with E-state index in [1.807, 2.05) is 0 Å². The smallest absolute Gasteiger partial charge is 0.0260 e. The maximum atomic E-state index is 3.83. The molecule has 0 N–H and O–H groups in total. The first kappa shape index (κ1) is 7.22. The second kappa shape index (κ2) is 2.51. The molecule has 1 heteroatoms. The quantitative estimate of drug-likeness (QED) is 0.456. The van der Waals surface area contributed by atoms with Gasteiger partial charge in [0.2, 0.25) is 0 Å². The summed E-state index contributed by atoms with van der Waals surface area (Å²) in [6.07, 6.45) is 0. The Labute approximate surface area is 49.1 Å². The van der Waals surface area contributed by atoms with Gasteiger partial charge in [-0.25, -0.2) is 0 Å². The highest BCUT2D eigenvalue weighted by molar-refractivity contribution is 6.39. The number of rotatable bonds is 1. The van der Waals surface area contributed by atoms with Crippen LogP contribution in [-0.2, 0) is 0 Å². The third-order valence-electron chi connectivity index (χ3n) is 0.927. The fraction of sp³-hybridized carbons (Fsp3) is 0.833. The fourth-order valence-electron chi connectivity index (χ4n) is 0.530. The normalized spacial score (nSPS) is 13.7. The Morgan fingerprint density at radius 2 is 1.86 bits per heavy atom. The molecule has 0 saturated heterocycles. The van der Waals surface area contributed by atoms with Crippen molar-refractivity contribution in [3.8, 4) is 0 Å². The first-order valence-electron chi connectivity index (χ1n) is 2.85. The Morgan fingerprint density at radius 1 is 1.43 bits per heavy atom. The lowest BCUT2D eigenvalue weighted by Gasteiger charge is -2.14. The average Bonchev–Trinajstić information content (AvgIpc) is 1.30. The zero-order valence-corrected chi connectivity index (χ0v) is 7.04. The highest BCUT2D eigenvalue weighted by atomic mass is 28.2. The van der Waals surface area contributed by atoms with Gasteiger partial charge in [-0.2, -0.15) is 0 Å². The van der Waals surface area contributed by atoms with Crippen molar-refractivity contribution in [2.24, 2.45) is 0 Å². The molecule has 0 aliphatic rings. The van der Waals surface area contributed by atoms with Gasteiger partial charge in [0, 0.05) is 9.52 Å². The third kappa shape index (κ3) is 6.22. The maximum absolute atomic E-state index is 3.83. The molecule has 0 saturated carbocycles. The molecule has 0 bridgehead atoms. The molecule has 0 aliphatic heterocycles. The predicted octanol–water partition coefficient (Wildman–Crippen LogP) is 1.63. The summed E-state index contributed by atoms with van der Waals surface area (Å²) in [7, 11) is 0.149. The van der Waals surface area contributed by atoms with Crippen LogP contribution in [0.25, 0.3) is 0 Å². The van der Waals surface area contributed by atoms with Gasteiger partial charge in [-0.3, -0.25) is 0 Å². The molecule has 0 rings (SSSR count). The molecule has 0 nitrogen and oxygen atoms in total. The van der Waals surface area contributed by atoms with E-state index in [9.17, 15) is 0 Å². The first-order valence-corrected chi connectivity index (χ1v) is 4.56. The zero-order chi connectivity index (χ0) is 5.91. The second-order valence-corrected chi connectivity index (χ2v) is 6.49. The van der Waals surface area contributed by atoms with Crippen molar-refractivity contribution in [1.29, 1.82) is 0 Å². The molecule has 0 aromatic heterocycles. The molecular formula is C6H15Si. The summed E-state index contributed by atoms with van der Waals surface area (Å²) >= 11 is 0. The number of hydrogen-bond acceptors (Lipinski definition) is 0. The van der Waals surface area contributed by atoms with Crippen molar-refractivity contribution in [2.45, 2.75) is 31.9 Å². The molecule has 0 unspecified atom stereocenters. The van der Waals surface area contributed by atoms with Crippen LogP contribution in [0.3, 0.4) is 0 Å². The minimum Gasteiger partial charge on any atom is -0.0632 e. The third-order valence-corrected chi connectivity index (χ3v) is 2.78. The van der Waals surface area contributed by atoms with Gasteiger partial charge >= 0.3 is 0 Å². The van der Waals surface area contributed by atoms with Crippen LogP contribution in [0.4, 0.5) is 0 Å². The van der Waals surface area contributed by atoms with Crippen molar-refractivity contribution in [3.63, 3.8) is 0 Å². The van der Waals surface area contributed by atoms with Gasteiger partial charge in [0.25, 0.3) is 0 Å². The van der Waals surface area contributed by atoms with Crippen LogP contribution in [0.1, 0.15) is 20.8 Å². The van der Waals surface area contributed by atoms with Gasteiger partial charge in [-0.15, -0.1) is 0 Å². The molecule has 0 spiro atoms. The van der Waals surface area contributed by atoms with E-state index >= 15 is 0 Å². The van der Waals surface area contributed by atoms with Crippen LogP contribution >= 0.6 is 0 Å². The molecule has 43 valence electrons. The highest BCUT2D eigenvalue weighted by Gasteiger charge is 2.06. The van der Waals surface area contributed by atoms with Gasteiger partial charge in [0.15, 0.2) is 0 Å². The Morgan fingerprint density at radius 3 is 1.86 bits per heavy atom. The lowest BCUT2D eigenvalue weighted by Crippen LogP contribution is -2.05. The summed E-state index contributed by atoms with van der Waals surface area (Å²) in [6, 6.07) is 1.20. The van der Waals surface area contributed by atoms with E-state index in [-0.39, 0.29) is 9.52 Å². The Balaban J connectivity index is 3.15. The second-order valence-electron chi connectivity index (χ2n) is 3.16. The molecule has 0 aromatic carbocycles. The largest absolute Gasteiger partial charge is 0.0632 e. The molecule has 0 amide bonds. The Hall–Kier alpha value is 0.217. The van der Waals surface area contributed by atoms with Crippen LogP contribution in [0.2, 0.25) is 11.1 Å². The minimum absolute atomic E-state index is 0.149. The summed E-state index contributed by atoms with van der Waals surface area (Å²) in [4.78, 5) is 0. The number of hydrogen-bond donors (Lipinski definition) is 0. The summed E-state index contributed by atoms with van der Waals surface area (Å²) in [5, 5.41) is 0.627. The van der Waals surface area contributed by atoms with E-state index in [1.54, 1.807) is 0 Å². The van der Waals surface area contributed by atoms with E-state index in [4.69, 9.17) is 0 Å². The summed E-state index contributed by atoms with van der Waals surface area (Å²) in [6.45, 7) is 10.7. The lowest BCUT2D eigenvalue weighted by atomic mass is 10.3. The van der Waals surface area contributed by atoms with Crippen molar-refractivity contribution in [3.05, 3.63) is 6.92 Å². The summed E-state index contributed by atoms with van der Waals surface area (Å²) in [5.74, 6) is 0. The maximum Gasteiger partial charge on any atom is 0.0260 e. The predicted molar refractivity (Wildman–Crippen MR) is 38.4 cm³/mol. The fourth-order valence-corrected chi connectivity index (χ4v) is 1.59. The molecular weight excluding hydrogens is 100 g/mol. The van der Waals surface area contributed by atoms with Crippen LogP contribution in [0.5, 0.6) is 0 Å². The van der Waals surface area contributed by atoms with E-state index in [0.29, 0.717) is 5.04 Å². The molecule has 1 radical (unpaired) electrons. The summed E-state index contributed by atoms with van der Waals surface area (Å²) < 4.78 is 0. The first-order chi connectivity index (χ1) is 3.06. The molecule has 0 aliphatic carbocycles. The monoisotopic (exact) mass is 115 g/mol. The SMILES string of the molecule is [CH2]C[SiH2]C(C)(C)C. The van der Waals surface area contributed by atoms with Crippen LogP contribution < -0.4 is 0 Å². The van der Waals surface area contributed by atoms with Gasteiger partial charge in [-0.05, 0) is 5.04 Å². The van der Waals surface area contributed by atoms with Crippen LogP contribution in [-0.4, -0.2) is 9.52 Å². The molecule has 0 heterocycles. The Kier molecular flexibility index (Phi) is 2.58. The van der Waals surface area contributed by atoms with Crippen LogP contribution in [0, 0.1) is 6.92 Å². The van der Waals surface area contributed by atoms with E-state index in [0.717, 1.165) is 0 Å². The summed E-state index contributed by atoms with van der Waals surface area (Å²) in [5.41, 5.74) is 0. The van der Waals surface area contributed by atoms with Crippen molar-refractivity contribution in [1.82, 2.24) is 0 Å². The molecule has 0 aromatic rings. The standard InChI is InChI=1S/C6H15Si/c1-5-7-6(2,3)4/h1,5,7H2,2-4H3. The van der Waals surface area contributed by atoms with Crippen molar-refractivity contribution >= 4 is 9.52 Å². The topological polar surface area (TPSA) is 0 Å². The van der Waals surface area contributed by atoms with Crippen molar-refractivity contribution < 1.29 is 0 Å². The van der Waals surface area contributed by atoms with Gasteiger partial charge in [0.1, 0.15) is 0 Å². The Bertz CT molecular complexity index is 42.6. The molecule has 7 heavy (non-hydrogen) atoms. The zero-order valence-electron chi connectivity index (χ0n) is 5.62. The van der Waals surface area contributed by atoms with Crippen molar-refractivity contribution in [2.75, 3.05) is 0 Å². The highest BCUT2D eigenvalue weighted by Crippen LogP contribution is 2.20. The van der Waals surface area contributed by atoms with E-state index in [1.165, 1.54) is 6.04 Å². The van der Waals surface area contributed by atoms with Gasteiger partial charge in [0.05, 0.1) is 0 Å². The lowest BCUT2D eigenvalue weighted by molar-refractivity contribution is 0.752. The van der Waals surface area contributed by atoms with Gasteiger partial charge in [-0.1, -0.05) is 33.7 Å². The average molecular weight is 115 g/mol. The van der Waals surface area contributed by atoms with Crippen LogP contribution in [0.15, 0.2) is 0 Å². The molecule has 0 atom stereocenters. The van der Waals surface area contributed by atoms with E-state index in [2.05, 4.69) is 27.7 Å². The van der Waals surface area contributed by atoms with Gasteiger partial charge < -0.3 is 0 Å². The minimum atomic E-state index is 0.149. The van der Waals surface area contributed by atoms with E-state index < -0.39 is 0 Å². The molecule has 0 fully saturated rings.